The summed E-state index contributed by atoms with van der Waals surface area (Å²) in [4.78, 5) is 29.1. The summed E-state index contributed by atoms with van der Waals surface area (Å²) in [7, 11) is 0. The van der Waals surface area contributed by atoms with E-state index in [1.54, 1.807) is 6.92 Å². The summed E-state index contributed by atoms with van der Waals surface area (Å²) in [6.07, 6.45) is 7.20. The number of rotatable bonds is 10. The third-order valence-corrected chi connectivity index (χ3v) is 8.01. The lowest BCUT2D eigenvalue weighted by Crippen LogP contribution is -2.33. The maximum Gasteiger partial charge on any atom is 0.319 e. The van der Waals surface area contributed by atoms with Crippen molar-refractivity contribution in [3.8, 4) is 0 Å². The predicted octanol–water partition coefficient (Wildman–Crippen LogP) is 4.34. The van der Waals surface area contributed by atoms with Crippen LogP contribution in [0, 0.1) is 22.7 Å². The van der Waals surface area contributed by atoms with Crippen molar-refractivity contribution in [3.63, 3.8) is 0 Å². The molecule has 1 aromatic heterocycles. The Morgan fingerprint density at radius 3 is 2.85 bits per heavy atom. The summed E-state index contributed by atoms with van der Waals surface area (Å²) >= 11 is 0. The van der Waals surface area contributed by atoms with Crippen molar-refractivity contribution in [1.29, 1.82) is 0 Å². The summed E-state index contributed by atoms with van der Waals surface area (Å²) in [6, 6.07) is 9.78. The van der Waals surface area contributed by atoms with Gasteiger partial charge in [-0.2, -0.15) is 0 Å². The van der Waals surface area contributed by atoms with Crippen molar-refractivity contribution >= 4 is 34.3 Å². The van der Waals surface area contributed by atoms with Gasteiger partial charge in [0.2, 0.25) is 5.91 Å². The summed E-state index contributed by atoms with van der Waals surface area (Å²) < 4.78 is 4.90. The van der Waals surface area contributed by atoms with E-state index in [2.05, 4.69) is 22.9 Å². The lowest BCUT2D eigenvalue weighted by Gasteiger charge is -2.39. The number of amides is 1. The maximum atomic E-state index is 13.1. The smallest absolute Gasteiger partial charge is 0.319 e. The van der Waals surface area contributed by atoms with E-state index in [1.807, 2.05) is 30.3 Å². The SMILES string of the molecule is CCOC(=O)CNCCNc1ccc2c(NC(=O)CC3(C)CC4CC5CC5(C4)C3)cccc2n1. The summed E-state index contributed by atoms with van der Waals surface area (Å²) in [5, 5.41) is 10.4. The number of nitrogens with one attached hydrogen (secondary N) is 3. The molecule has 2 aromatic rings. The second-order valence-electron chi connectivity index (χ2n) is 11.0. The highest BCUT2D eigenvalue weighted by molar-refractivity contribution is 6.01. The Hall–Kier alpha value is -2.67. The van der Waals surface area contributed by atoms with E-state index in [1.165, 1.54) is 32.1 Å². The molecule has 0 radical (unpaired) electrons. The largest absolute Gasteiger partial charge is 0.465 e. The van der Waals surface area contributed by atoms with Gasteiger partial charge in [-0.25, -0.2) is 4.98 Å². The zero-order valence-electron chi connectivity index (χ0n) is 20.3. The number of ether oxygens (including phenoxy) is 1. The van der Waals surface area contributed by atoms with E-state index in [0.29, 0.717) is 31.5 Å². The lowest BCUT2D eigenvalue weighted by molar-refractivity contribution is -0.142. The van der Waals surface area contributed by atoms with Crippen LogP contribution in [0.2, 0.25) is 0 Å². The van der Waals surface area contributed by atoms with Gasteiger partial charge in [0.25, 0.3) is 0 Å². The van der Waals surface area contributed by atoms with Crippen molar-refractivity contribution in [3.05, 3.63) is 30.3 Å². The molecule has 1 aromatic carbocycles. The molecule has 1 heterocycles. The van der Waals surface area contributed by atoms with Gasteiger partial charge in [0, 0.05) is 24.9 Å². The van der Waals surface area contributed by atoms with Crippen LogP contribution in [0.3, 0.4) is 0 Å². The molecule has 4 atom stereocenters. The molecule has 7 nitrogen and oxygen atoms in total. The number of carbonyl (C=O) groups is 2. The molecule has 4 unspecified atom stereocenters. The zero-order valence-corrected chi connectivity index (χ0v) is 20.3. The van der Waals surface area contributed by atoms with Crippen LogP contribution in [0.4, 0.5) is 11.5 Å². The number of carbonyl (C=O) groups excluding carboxylic acids is 2. The predicted molar refractivity (Wildman–Crippen MR) is 134 cm³/mol. The van der Waals surface area contributed by atoms with Crippen LogP contribution in [-0.2, 0) is 14.3 Å². The lowest BCUT2D eigenvalue weighted by atomic mass is 9.65. The fourth-order valence-electron chi connectivity index (χ4n) is 6.90. The Kier molecular flexibility index (Phi) is 6.23. The van der Waals surface area contributed by atoms with E-state index in [-0.39, 0.29) is 23.8 Å². The van der Waals surface area contributed by atoms with Gasteiger partial charge < -0.3 is 20.7 Å². The molecule has 0 aliphatic heterocycles. The maximum absolute atomic E-state index is 13.1. The van der Waals surface area contributed by atoms with Crippen molar-refractivity contribution in [2.75, 3.05) is 36.9 Å². The molecule has 1 amide bonds. The first-order valence-corrected chi connectivity index (χ1v) is 12.7. The molecule has 3 N–H and O–H groups in total. The number of aromatic nitrogens is 1. The van der Waals surface area contributed by atoms with E-state index < -0.39 is 0 Å². The van der Waals surface area contributed by atoms with Gasteiger partial charge in [0.1, 0.15) is 5.82 Å². The first kappa shape index (κ1) is 23.1. The minimum atomic E-state index is -0.248. The van der Waals surface area contributed by atoms with E-state index >= 15 is 0 Å². The standard InChI is InChI=1S/C27H36N4O3/c1-3-34-25(33)16-28-9-10-29-23-8-7-20-21(30-23)5-4-6-22(20)31-24(32)15-26(2)12-18-11-19-14-27(19,13-18)17-26/h4-8,18-19,28H,3,9-17H2,1-2H3,(H,29,30)(H,31,32). The molecule has 5 rings (SSSR count). The van der Waals surface area contributed by atoms with Crippen LogP contribution >= 0.6 is 0 Å². The fourth-order valence-corrected chi connectivity index (χ4v) is 6.90. The second-order valence-corrected chi connectivity index (χ2v) is 11.0. The van der Waals surface area contributed by atoms with Gasteiger partial charge in [-0.3, -0.25) is 9.59 Å². The highest BCUT2D eigenvalue weighted by Gasteiger charge is 2.65. The third-order valence-electron chi connectivity index (χ3n) is 8.01. The quantitative estimate of drug-likeness (QED) is 0.358. The molecule has 3 aliphatic rings. The van der Waals surface area contributed by atoms with Crippen LogP contribution < -0.4 is 16.0 Å². The Labute approximate surface area is 201 Å². The van der Waals surface area contributed by atoms with Crippen molar-refractivity contribution in [1.82, 2.24) is 10.3 Å². The van der Waals surface area contributed by atoms with Gasteiger partial charge >= 0.3 is 5.97 Å². The molecule has 3 saturated carbocycles. The Bertz CT molecular complexity index is 1090. The fraction of sp³-hybridized carbons (Fsp3) is 0.593. The Morgan fingerprint density at radius 2 is 2.03 bits per heavy atom. The highest BCUT2D eigenvalue weighted by Crippen LogP contribution is 2.74. The molecule has 1 spiro atoms. The minimum Gasteiger partial charge on any atom is -0.465 e. The van der Waals surface area contributed by atoms with Crippen LogP contribution in [0.5, 0.6) is 0 Å². The van der Waals surface area contributed by atoms with Crippen molar-refractivity contribution < 1.29 is 14.3 Å². The molecular weight excluding hydrogens is 428 g/mol. The molecule has 0 saturated heterocycles. The number of esters is 1. The van der Waals surface area contributed by atoms with E-state index in [4.69, 9.17) is 9.72 Å². The number of nitrogens with zero attached hydrogens (tertiary/aromatic N) is 1. The molecule has 7 heteroatoms. The number of hydrogen-bond acceptors (Lipinski definition) is 6. The molecular formula is C27H36N4O3. The normalized spacial score (nSPS) is 28.9. The second kappa shape index (κ2) is 9.17. The number of anilines is 2. The topological polar surface area (TPSA) is 92.4 Å². The van der Waals surface area contributed by atoms with Gasteiger partial charge in [-0.05, 0) is 86.0 Å². The molecule has 3 fully saturated rings. The van der Waals surface area contributed by atoms with Crippen molar-refractivity contribution in [2.24, 2.45) is 22.7 Å². The van der Waals surface area contributed by atoms with Crippen LogP contribution in [0.15, 0.2) is 30.3 Å². The zero-order chi connectivity index (χ0) is 23.8. The third kappa shape index (κ3) is 4.90. The van der Waals surface area contributed by atoms with Gasteiger partial charge in [-0.1, -0.05) is 13.0 Å². The molecule has 34 heavy (non-hydrogen) atoms. The first-order valence-electron chi connectivity index (χ1n) is 12.7. The molecule has 182 valence electrons. The van der Waals surface area contributed by atoms with Crippen LogP contribution in [-0.4, -0.2) is 43.1 Å². The molecule has 3 aliphatic carbocycles. The average Bonchev–Trinajstić information content (AvgIpc) is 3.32. The van der Waals surface area contributed by atoms with Gasteiger partial charge in [0.15, 0.2) is 0 Å². The van der Waals surface area contributed by atoms with Gasteiger partial charge in [0.05, 0.1) is 24.4 Å². The number of hydrogen-bond donors (Lipinski definition) is 3. The summed E-state index contributed by atoms with van der Waals surface area (Å²) in [5.41, 5.74) is 2.37. The van der Waals surface area contributed by atoms with E-state index in [0.717, 1.165) is 34.2 Å². The first-order chi connectivity index (χ1) is 16.4. The summed E-state index contributed by atoms with van der Waals surface area (Å²) in [5.74, 6) is 2.40. The van der Waals surface area contributed by atoms with Gasteiger partial charge in [-0.15, -0.1) is 0 Å². The number of fused-ring (bicyclic) bond motifs is 2. The summed E-state index contributed by atoms with van der Waals surface area (Å²) in [6.45, 7) is 5.97. The monoisotopic (exact) mass is 464 g/mol. The Morgan fingerprint density at radius 1 is 1.15 bits per heavy atom. The molecule has 2 bridgehead atoms. The average molecular weight is 465 g/mol. The van der Waals surface area contributed by atoms with E-state index in [9.17, 15) is 9.59 Å². The highest BCUT2D eigenvalue weighted by atomic mass is 16.5. The minimum absolute atomic E-state index is 0.111. The van der Waals surface area contributed by atoms with Crippen molar-refractivity contribution in [2.45, 2.75) is 52.4 Å². The van der Waals surface area contributed by atoms with Crippen LogP contribution in [0.25, 0.3) is 10.9 Å². The Balaban J connectivity index is 1.16. The van der Waals surface area contributed by atoms with Crippen LogP contribution in [0.1, 0.15) is 52.4 Å². The number of benzene rings is 1. The number of pyridine rings is 1.